The van der Waals surface area contributed by atoms with E-state index in [-0.39, 0.29) is 11.5 Å². The summed E-state index contributed by atoms with van der Waals surface area (Å²) < 4.78 is 1.84. The van der Waals surface area contributed by atoms with E-state index in [1.807, 2.05) is 16.4 Å². The van der Waals surface area contributed by atoms with E-state index < -0.39 is 0 Å². The molecular weight excluding hydrogens is 410 g/mol. The topological polar surface area (TPSA) is 61.7 Å². The van der Waals surface area contributed by atoms with Crippen LogP contribution in [0, 0.1) is 6.92 Å². The van der Waals surface area contributed by atoms with Gasteiger partial charge in [0.05, 0.1) is 10.3 Å². The predicted molar refractivity (Wildman–Crippen MR) is 128 cm³/mol. The van der Waals surface area contributed by atoms with Crippen molar-refractivity contribution in [1.82, 2.24) is 24.3 Å². The van der Waals surface area contributed by atoms with Gasteiger partial charge in [0.2, 0.25) is 0 Å². The van der Waals surface area contributed by atoms with Crippen LogP contribution in [0.25, 0.3) is 10.2 Å². The number of rotatable bonds is 9. The van der Waals surface area contributed by atoms with Crippen molar-refractivity contribution in [3.63, 3.8) is 0 Å². The van der Waals surface area contributed by atoms with E-state index in [4.69, 9.17) is 4.98 Å². The summed E-state index contributed by atoms with van der Waals surface area (Å²) in [5.74, 6) is 0.918. The van der Waals surface area contributed by atoms with E-state index >= 15 is 0 Å². The number of aryl methyl sites for hydroxylation is 2. The third-order valence-electron chi connectivity index (χ3n) is 5.96. The number of fused-ring (bicyclic) bond motifs is 2. The monoisotopic (exact) mass is 447 g/mol. The van der Waals surface area contributed by atoms with Gasteiger partial charge in [0.25, 0.3) is 11.5 Å². The minimum Gasteiger partial charge on any atom is -0.338 e. The Morgan fingerprint density at radius 1 is 1.00 bits per heavy atom. The number of nitrogens with zero attached hydrogens (tertiary/aromatic N) is 5. The number of aromatic nitrogens is 2. The molecule has 3 heterocycles. The summed E-state index contributed by atoms with van der Waals surface area (Å²) in [6, 6.07) is 0. The summed E-state index contributed by atoms with van der Waals surface area (Å²) in [5, 5.41) is 0.639. The predicted octanol–water partition coefficient (Wildman–Crippen LogP) is 2.84. The molecule has 0 unspecified atom stereocenters. The molecule has 0 spiro atoms. The quantitative estimate of drug-likeness (QED) is 0.592. The number of carbonyl (C=O) groups is 1. The third-order valence-corrected chi connectivity index (χ3v) is 7.13. The summed E-state index contributed by atoms with van der Waals surface area (Å²) in [7, 11) is 8.21. The van der Waals surface area contributed by atoms with Gasteiger partial charge in [-0.3, -0.25) is 14.2 Å². The number of hydrogen-bond donors (Lipinski definition) is 0. The summed E-state index contributed by atoms with van der Waals surface area (Å²) in [6.45, 7) is 5.98. The zero-order chi connectivity index (χ0) is 22.5. The second kappa shape index (κ2) is 10.7. The van der Waals surface area contributed by atoms with Gasteiger partial charge < -0.3 is 14.7 Å². The van der Waals surface area contributed by atoms with E-state index in [0.717, 1.165) is 87.5 Å². The second-order valence-corrected chi connectivity index (χ2v) is 10.1. The number of hydrogen-bond acceptors (Lipinski definition) is 6. The second-order valence-electron chi connectivity index (χ2n) is 9.14. The molecule has 1 amide bonds. The maximum Gasteiger partial charge on any atom is 0.264 e. The SMILES string of the molecule is Cc1c(C(=O)N(CCCN(C)C)CCCN(C)C)sc2nc3n(c(=O)c12)CCCCC3. The standard InChI is InChI=1S/C23H37N5O2S/c1-17-19-21(24-18-11-7-6-8-16-28(18)22(19)29)31-20(17)23(30)27(14-9-12-25(2)3)15-10-13-26(4)5/h6-16H2,1-5H3. The average Bonchev–Trinajstić information content (AvgIpc) is 2.87. The largest absolute Gasteiger partial charge is 0.338 e. The first-order chi connectivity index (χ1) is 14.8. The van der Waals surface area contributed by atoms with Crippen molar-refractivity contribution in [1.29, 1.82) is 0 Å². The highest BCUT2D eigenvalue weighted by molar-refractivity contribution is 7.20. The van der Waals surface area contributed by atoms with Crippen LogP contribution in [0.2, 0.25) is 0 Å². The fraction of sp³-hybridized carbons (Fsp3) is 0.696. The van der Waals surface area contributed by atoms with Crippen LogP contribution in [0.4, 0.5) is 0 Å². The Morgan fingerprint density at radius 2 is 1.65 bits per heavy atom. The average molecular weight is 448 g/mol. The molecule has 2 aromatic rings. The molecule has 8 heteroatoms. The van der Waals surface area contributed by atoms with Gasteiger partial charge in [0.15, 0.2) is 0 Å². The van der Waals surface area contributed by atoms with Crippen LogP contribution in [0.15, 0.2) is 4.79 Å². The zero-order valence-electron chi connectivity index (χ0n) is 19.7. The fourth-order valence-electron chi connectivity index (χ4n) is 4.23. The molecule has 0 atom stereocenters. The molecular formula is C23H37N5O2S. The molecule has 1 aliphatic rings. The van der Waals surface area contributed by atoms with Crippen molar-refractivity contribution in [3.05, 3.63) is 26.6 Å². The van der Waals surface area contributed by atoms with Crippen molar-refractivity contribution in [2.24, 2.45) is 0 Å². The molecule has 7 nitrogen and oxygen atoms in total. The molecule has 3 rings (SSSR count). The van der Waals surface area contributed by atoms with E-state index in [1.165, 1.54) is 11.3 Å². The first-order valence-corrected chi connectivity index (χ1v) is 12.2. The number of carbonyl (C=O) groups excluding carboxylic acids is 1. The molecule has 0 saturated heterocycles. The lowest BCUT2D eigenvalue weighted by Crippen LogP contribution is -2.35. The van der Waals surface area contributed by atoms with Crippen molar-refractivity contribution in [2.45, 2.75) is 52.0 Å². The van der Waals surface area contributed by atoms with Gasteiger partial charge in [0, 0.05) is 26.1 Å². The van der Waals surface area contributed by atoms with Crippen LogP contribution in [0.1, 0.15) is 53.2 Å². The van der Waals surface area contributed by atoms with E-state index in [9.17, 15) is 9.59 Å². The lowest BCUT2D eigenvalue weighted by Gasteiger charge is -2.24. The van der Waals surface area contributed by atoms with Gasteiger partial charge in [-0.2, -0.15) is 0 Å². The Bertz CT molecular complexity index is 949. The fourth-order valence-corrected chi connectivity index (χ4v) is 5.39. The van der Waals surface area contributed by atoms with Crippen molar-refractivity contribution < 1.29 is 4.79 Å². The lowest BCUT2D eigenvalue weighted by molar-refractivity contribution is 0.0749. The highest BCUT2D eigenvalue weighted by Crippen LogP contribution is 2.29. The zero-order valence-corrected chi connectivity index (χ0v) is 20.6. The van der Waals surface area contributed by atoms with Crippen LogP contribution < -0.4 is 5.56 Å². The van der Waals surface area contributed by atoms with Crippen LogP contribution >= 0.6 is 11.3 Å². The van der Waals surface area contributed by atoms with Crippen molar-refractivity contribution in [2.75, 3.05) is 54.4 Å². The van der Waals surface area contributed by atoms with Gasteiger partial charge in [-0.25, -0.2) is 4.98 Å². The van der Waals surface area contributed by atoms with Crippen LogP contribution in [0.3, 0.4) is 0 Å². The molecule has 0 aromatic carbocycles. The minimum atomic E-state index is 0.0291. The molecule has 0 fully saturated rings. The Kier molecular flexibility index (Phi) is 8.24. The molecule has 31 heavy (non-hydrogen) atoms. The van der Waals surface area contributed by atoms with E-state index in [2.05, 4.69) is 38.0 Å². The molecule has 1 aliphatic heterocycles. The molecule has 0 N–H and O–H groups in total. The van der Waals surface area contributed by atoms with Crippen LogP contribution in [0.5, 0.6) is 0 Å². The Hall–Kier alpha value is -1.77. The highest BCUT2D eigenvalue weighted by Gasteiger charge is 2.25. The van der Waals surface area contributed by atoms with Crippen molar-refractivity contribution in [3.8, 4) is 0 Å². The number of thiophene rings is 1. The molecule has 0 bridgehead atoms. The molecule has 172 valence electrons. The van der Waals surface area contributed by atoms with Gasteiger partial charge in [-0.15, -0.1) is 11.3 Å². The van der Waals surface area contributed by atoms with E-state index in [0.29, 0.717) is 10.3 Å². The Morgan fingerprint density at radius 3 is 2.26 bits per heavy atom. The Labute approximate surface area is 189 Å². The first kappa shape index (κ1) is 23.9. The minimum absolute atomic E-state index is 0.0291. The third kappa shape index (κ3) is 5.73. The summed E-state index contributed by atoms with van der Waals surface area (Å²) in [5.41, 5.74) is 0.828. The molecule has 0 aliphatic carbocycles. The van der Waals surface area contributed by atoms with Gasteiger partial charge in [-0.05, 0) is 79.5 Å². The summed E-state index contributed by atoms with van der Waals surface area (Å²) in [4.78, 5) is 39.3. The van der Waals surface area contributed by atoms with Gasteiger partial charge in [-0.1, -0.05) is 6.42 Å². The normalized spacial score (nSPS) is 14.3. The Balaban J connectivity index is 1.90. The highest BCUT2D eigenvalue weighted by atomic mass is 32.1. The van der Waals surface area contributed by atoms with E-state index in [1.54, 1.807) is 0 Å². The maximum absolute atomic E-state index is 13.5. The van der Waals surface area contributed by atoms with Crippen LogP contribution in [-0.4, -0.2) is 84.5 Å². The summed E-state index contributed by atoms with van der Waals surface area (Å²) >= 11 is 1.40. The summed E-state index contributed by atoms with van der Waals surface area (Å²) in [6.07, 6.45) is 5.92. The first-order valence-electron chi connectivity index (χ1n) is 11.4. The van der Waals surface area contributed by atoms with Gasteiger partial charge in [0.1, 0.15) is 10.7 Å². The molecule has 0 radical (unpaired) electrons. The van der Waals surface area contributed by atoms with Gasteiger partial charge >= 0.3 is 0 Å². The van der Waals surface area contributed by atoms with Crippen LogP contribution in [-0.2, 0) is 13.0 Å². The smallest absolute Gasteiger partial charge is 0.264 e. The molecule has 2 aromatic heterocycles. The number of amides is 1. The lowest BCUT2D eigenvalue weighted by atomic mass is 10.2. The molecule has 0 saturated carbocycles. The maximum atomic E-state index is 13.5. The van der Waals surface area contributed by atoms with Crippen molar-refractivity contribution >= 4 is 27.5 Å².